The van der Waals surface area contributed by atoms with E-state index >= 15 is 0 Å². The molecule has 122 valence electrons. The number of rotatable bonds is 9. The van der Waals surface area contributed by atoms with Crippen molar-refractivity contribution < 1.29 is 9.59 Å². The number of amides is 2. The number of nitrogens with zero attached hydrogens (tertiary/aromatic N) is 1. The monoisotopic (exact) mass is 325 g/mol. The molecule has 22 heavy (non-hydrogen) atoms. The summed E-state index contributed by atoms with van der Waals surface area (Å²) in [6.07, 6.45) is 3.10. The van der Waals surface area contributed by atoms with Crippen molar-refractivity contribution in [2.45, 2.75) is 32.7 Å². The Kier molecular flexibility index (Phi) is 8.55. The van der Waals surface area contributed by atoms with Crippen molar-refractivity contribution in [1.82, 2.24) is 10.2 Å². The first kappa shape index (κ1) is 18.5. The highest BCUT2D eigenvalue weighted by atomic mass is 35.5. The van der Waals surface area contributed by atoms with Crippen LogP contribution in [-0.2, 0) is 16.1 Å². The Morgan fingerprint density at radius 3 is 2.50 bits per heavy atom. The highest BCUT2D eigenvalue weighted by molar-refractivity contribution is 6.30. The van der Waals surface area contributed by atoms with Crippen LogP contribution in [0, 0.1) is 0 Å². The number of benzene rings is 1. The number of unbranched alkanes of at least 4 members (excludes halogenated alkanes) is 2. The summed E-state index contributed by atoms with van der Waals surface area (Å²) in [5.74, 6) is -0.429. The molecule has 0 aliphatic carbocycles. The quantitative estimate of drug-likeness (QED) is 0.681. The summed E-state index contributed by atoms with van der Waals surface area (Å²) in [6, 6.07) is 7.42. The first-order valence-electron chi connectivity index (χ1n) is 7.55. The number of carbonyl (C=O) groups excluding carboxylic acids is 2. The van der Waals surface area contributed by atoms with Gasteiger partial charge in [0.15, 0.2) is 0 Å². The lowest BCUT2D eigenvalue weighted by molar-refractivity contribution is -0.133. The molecule has 0 fully saturated rings. The number of hydrogen-bond acceptors (Lipinski definition) is 3. The Bertz CT molecular complexity index is 477. The van der Waals surface area contributed by atoms with Crippen molar-refractivity contribution in [1.29, 1.82) is 0 Å². The highest BCUT2D eigenvalue weighted by Gasteiger charge is 2.14. The van der Waals surface area contributed by atoms with Gasteiger partial charge < -0.3 is 16.0 Å². The molecular weight excluding hydrogens is 302 g/mol. The fourth-order valence-corrected chi connectivity index (χ4v) is 2.14. The lowest BCUT2D eigenvalue weighted by Gasteiger charge is -2.23. The van der Waals surface area contributed by atoms with Crippen molar-refractivity contribution in [2.24, 2.45) is 5.73 Å². The van der Waals surface area contributed by atoms with Crippen LogP contribution in [0.3, 0.4) is 0 Å². The predicted octanol–water partition coefficient (Wildman–Crippen LogP) is 1.93. The first-order chi connectivity index (χ1) is 10.6. The Hall–Kier alpha value is -1.59. The van der Waals surface area contributed by atoms with Crippen LogP contribution in [0.2, 0.25) is 5.02 Å². The maximum absolute atomic E-state index is 12.3. The van der Waals surface area contributed by atoms with Gasteiger partial charge in [0.05, 0.1) is 13.1 Å². The van der Waals surface area contributed by atoms with Crippen LogP contribution in [0.25, 0.3) is 0 Å². The summed E-state index contributed by atoms with van der Waals surface area (Å²) >= 11 is 5.87. The standard InChI is InChI=1S/C16H24ClN3O2/c1-2-3-4-9-20(16(22)11-19-15(21)10-18)12-13-5-7-14(17)8-6-13/h5-8H,2-4,9-12,18H2,1H3,(H,19,21). The van der Waals surface area contributed by atoms with E-state index in [-0.39, 0.29) is 24.9 Å². The third-order valence-electron chi connectivity index (χ3n) is 3.29. The van der Waals surface area contributed by atoms with Crippen molar-refractivity contribution in [3.05, 3.63) is 34.9 Å². The lowest BCUT2D eigenvalue weighted by atomic mass is 10.2. The summed E-state index contributed by atoms with van der Waals surface area (Å²) in [5.41, 5.74) is 6.23. The van der Waals surface area contributed by atoms with Gasteiger partial charge in [0.2, 0.25) is 11.8 Å². The van der Waals surface area contributed by atoms with E-state index in [0.717, 1.165) is 24.8 Å². The van der Waals surface area contributed by atoms with Crippen molar-refractivity contribution >= 4 is 23.4 Å². The van der Waals surface area contributed by atoms with Crippen LogP contribution in [-0.4, -0.2) is 36.3 Å². The third-order valence-corrected chi connectivity index (χ3v) is 3.55. The van der Waals surface area contributed by atoms with Gasteiger partial charge in [-0.2, -0.15) is 0 Å². The van der Waals surface area contributed by atoms with Gasteiger partial charge in [-0.1, -0.05) is 43.5 Å². The van der Waals surface area contributed by atoms with E-state index in [1.165, 1.54) is 0 Å². The van der Waals surface area contributed by atoms with E-state index < -0.39 is 0 Å². The van der Waals surface area contributed by atoms with E-state index in [2.05, 4.69) is 12.2 Å². The number of nitrogens with two attached hydrogens (primary N) is 1. The summed E-state index contributed by atoms with van der Waals surface area (Å²) < 4.78 is 0. The zero-order chi connectivity index (χ0) is 16.4. The van der Waals surface area contributed by atoms with Crippen molar-refractivity contribution in [3.8, 4) is 0 Å². The largest absolute Gasteiger partial charge is 0.346 e. The second kappa shape index (κ2) is 10.2. The van der Waals surface area contributed by atoms with Gasteiger partial charge in [0, 0.05) is 18.1 Å². The number of carbonyl (C=O) groups is 2. The minimum absolute atomic E-state index is 0.0181. The van der Waals surface area contributed by atoms with E-state index in [1.807, 2.05) is 24.3 Å². The third kappa shape index (κ3) is 6.91. The van der Waals surface area contributed by atoms with Gasteiger partial charge in [-0.3, -0.25) is 9.59 Å². The Morgan fingerprint density at radius 2 is 1.91 bits per heavy atom. The number of halogens is 1. The van der Waals surface area contributed by atoms with Crippen LogP contribution < -0.4 is 11.1 Å². The lowest BCUT2D eigenvalue weighted by Crippen LogP contribution is -2.42. The van der Waals surface area contributed by atoms with Crippen LogP contribution >= 0.6 is 11.6 Å². The van der Waals surface area contributed by atoms with Crippen LogP contribution in [0.5, 0.6) is 0 Å². The summed E-state index contributed by atoms with van der Waals surface area (Å²) in [5, 5.41) is 3.19. The minimum atomic E-state index is -0.326. The van der Waals surface area contributed by atoms with Gasteiger partial charge in [0.1, 0.15) is 0 Å². The first-order valence-corrected chi connectivity index (χ1v) is 7.93. The molecule has 0 heterocycles. The fourth-order valence-electron chi connectivity index (χ4n) is 2.01. The molecule has 0 aliphatic rings. The summed E-state index contributed by atoms with van der Waals surface area (Å²) in [6.45, 7) is 3.18. The normalized spacial score (nSPS) is 10.3. The molecule has 0 saturated heterocycles. The van der Waals surface area contributed by atoms with Crippen LogP contribution in [0.15, 0.2) is 24.3 Å². The molecule has 0 bridgehead atoms. The molecule has 1 rings (SSSR count). The number of hydrogen-bond donors (Lipinski definition) is 2. The molecule has 5 nitrogen and oxygen atoms in total. The number of nitrogens with one attached hydrogen (secondary N) is 1. The average molecular weight is 326 g/mol. The van der Waals surface area contributed by atoms with Gasteiger partial charge in [-0.05, 0) is 24.1 Å². The van der Waals surface area contributed by atoms with Gasteiger partial charge >= 0.3 is 0 Å². The van der Waals surface area contributed by atoms with Gasteiger partial charge in [-0.15, -0.1) is 0 Å². The van der Waals surface area contributed by atoms with E-state index in [1.54, 1.807) is 4.90 Å². The molecule has 0 saturated carbocycles. The Labute approximate surface area is 136 Å². The van der Waals surface area contributed by atoms with Gasteiger partial charge in [0.25, 0.3) is 0 Å². The molecule has 0 radical (unpaired) electrons. The van der Waals surface area contributed by atoms with Crippen LogP contribution in [0.4, 0.5) is 0 Å². The molecular formula is C16H24ClN3O2. The predicted molar refractivity (Wildman–Crippen MR) is 88.5 cm³/mol. The second-order valence-corrected chi connectivity index (χ2v) is 5.57. The molecule has 0 aliphatic heterocycles. The summed E-state index contributed by atoms with van der Waals surface area (Å²) in [4.78, 5) is 25.2. The van der Waals surface area contributed by atoms with E-state index in [4.69, 9.17) is 17.3 Å². The van der Waals surface area contributed by atoms with Gasteiger partial charge in [-0.25, -0.2) is 0 Å². The fraction of sp³-hybridized carbons (Fsp3) is 0.500. The topological polar surface area (TPSA) is 75.4 Å². The molecule has 0 unspecified atom stereocenters. The maximum atomic E-state index is 12.3. The smallest absolute Gasteiger partial charge is 0.242 e. The molecule has 2 amide bonds. The summed E-state index contributed by atoms with van der Waals surface area (Å²) in [7, 11) is 0. The maximum Gasteiger partial charge on any atom is 0.242 e. The minimum Gasteiger partial charge on any atom is -0.346 e. The highest BCUT2D eigenvalue weighted by Crippen LogP contribution is 2.12. The molecule has 0 aromatic heterocycles. The molecule has 3 N–H and O–H groups in total. The molecule has 0 atom stereocenters. The zero-order valence-electron chi connectivity index (χ0n) is 13.0. The molecule has 1 aromatic carbocycles. The van der Waals surface area contributed by atoms with Crippen LogP contribution in [0.1, 0.15) is 31.7 Å². The average Bonchev–Trinajstić information content (AvgIpc) is 2.53. The van der Waals surface area contributed by atoms with Crippen molar-refractivity contribution in [2.75, 3.05) is 19.6 Å². The van der Waals surface area contributed by atoms with E-state index in [0.29, 0.717) is 18.1 Å². The Morgan fingerprint density at radius 1 is 1.23 bits per heavy atom. The van der Waals surface area contributed by atoms with Crippen molar-refractivity contribution in [3.63, 3.8) is 0 Å². The SMILES string of the molecule is CCCCCN(Cc1ccc(Cl)cc1)C(=O)CNC(=O)CN. The Balaban J connectivity index is 2.63. The van der Waals surface area contributed by atoms with E-state index in [9.17, 15) is 9.59 Å². The second-order valence-electron chi connectivity index (χ2n) is 5.13. The zero-order valence-corrected chi connectivity index (χ0v) is 13.7. The molecule has 0 spiro atoms. The molecule has 1 aromatic rings. The molecule has 6 heteroatoms.